The molecule has 0 aliphatic heterocycles. The molecule has 1 unspecified atom stereocenters. The molecular formula is C8H6ClIO3. The second-order valence-corrected chi connectivity index (χ2v) is 4.13. The van der Waals surface area contributed by atoms with E-state index in [1.165, 1.54) is 6.07 Å². The topological polar surface area (TPSA) is 57.5 Å². The van der Waals surface area contributed by atoms with Crippen LogP contribution in [0, 0.1) is 3.57 Å². The number of halogens is 2. The van der Waals surface area contributed by atoms with Gasteiger partial charge in [-0.3, -0.25) is 0 Å². The molecule has 0 amide bonds. The number of hydrogen-bond acceptors (Lipinski definition) is 2. The molecule has 0 aliphatic carbocycles. The summed E-state index contributed by atoms with van der Waals surface area (Å²) in [5.41, 5.74) is 0.296. The molecule has 0 aromatic heterocycles. The molecule has 1 rings (SSSR count). The Bertz CT molecular complexity index is 320. The minimum Gasteiger partial charge on any atom is -0.479 e. The van der Waals surface area contributed by atoms with Gasteiger partial charge in [0, 0.05) is 8.59 Å². The minimum absolute atomic E-state index is 0.296. The van der Waals surface area contributed by atoms with Crippen molar-refractivity contribution in [3.63, 3.8) is 0 Å². The summed E-state index contributed by atoms with van der Waals surface area (Å²) < 4.78 is 0.792. The van der Waals surface area contributed by atoms with Crippen molar-refractivity contribution < 1.29 is 15.0 Å². The summed E-state index contributed by atoms with van der Waals surface area (Å²) in [6, 6.07) is 4.69. The van der Waals surface area contributed by atoms with E-state index in [4.69, 9.17) is 16.7 Å². The van der Waals surface area contributed by atoms with Crippen molar-refractivity contribution in [2.45, 2.75) is 6.10 Å². The van der Waals surface area contributed by atoms with E-state index < -0.39 is 12.1 Å². The van der Waals surface area contributed by atoms with Gasteiger partial charge < -0.3 is 10.2 Å². The smallest absolute Gasteiger partial charge is 0.337 e. The summed E-state index contributed by atoms with van der Waals surface area (Å²) >= 11 is 7.69. The SMILES string of the molecule is O=C(O)C(O)c1cc(Cl)cc(I)c1. The van der Waals surface area contributed by atoms with E-state index in [2.05, 4.69) is 0 Å². The zero-order valence-corrected chi connectivity index (χ0v) is 9.28. The Kier molecular flexibility index (Phi) is 3.52. The number of hydrogen-bond donors (Lipinski definition) is 2. The molecule has 0 saturated carbocycles. The predicted octanol–water partition coefficient (Wildman–Crippen LogP) is 2.06. The summed E-state index contributed by atoms with van der Waals surface area (Å²) in [7, 11) is 0. The number of carbonyl (C=O) groups is 1. The fraction of sp³-hybridized carbons (Fsp3) is 0.125. The van der Waals surface area contributed by atoms with Crippen LogP contribution < -0.4 is 0 Å². The monoisotopic (exact) mass is 312 g/mol. The van der Waals surface area contributed by atoms with Crippen LogP contribution in [0.25, 0.3) is 0 Å². The first-order chi connectivity index (χ1) is 6.00. The van der Waals surface area contributed by atoms with Gasteiger partial charge in [-0.1, -0.05) is 11.6 Å². The van der Waals surface area contributed by atoms with Crippen molar-refractivity contribution >= 4 is 40.2 Å². The van der Waals surface area contributed by atoms with Gasteiger partial charge in [-0.2, -0.15) is 0 Å². The highest BCUT2D eigenvalue weighted by Crippen LogP contribution is 2.21. The van der Waals surface area contributed by atoms with Gasteiger partial charge in [0.1, 0.15) is 0 Å². The third-order valence-corrected chi connectivity index (χ3v) is 2.28. The van der Waals surface area contributed by atoms with Crippen LogP contribution in [-0.2, 0) is 4.79 Å². The molecule has 0 heterocycles. The maximum Gasteiger partial charge on any atom is 0.337 e. The second-order valence-electron chi connectivity index (χ2n) is 2.44. The summed E-state index contributed by atoms with van der Waals surface area (Å²) in [5, 5.41) is 18.1. The lowest BCUT2D eigenvalue weighted by Crippen LogP contribution is -2.10. The molecule has 0 spiro atoms. The number of rotatable bonds is 2. The fourth-order valence-electron chi connectivity index (χ4n) is 0.876. The first-order valence-electron chi connectivity index (χ1n) is 3.37. The standard InChI is InChI=1S/C8H6ClIO3/c9-5-1-4(2-6(10)3-5)7(11)8(12)13/h1-3,7,11H,(H,12,13). The van der Waals surface area contributed by atoms with E-state index >= 15 is 0 Å². The van der Waals surface area contributed by atoms with E-state index in [1.54, 1.807) is 12.1 Å². The van der Waals surface area contributed by atoms with E-state index in [-0.39, 0.29) is 0 Å². The number of carboxylic acids is 1. The lowest BCUT2D eigenvalue weighted by Gasteiger charge is -2.06. The molecule has 2 N–H and O–H groups in total. The van der Waals surface area contributed by atoms with Gasteiger partial charge in [0.25, 0.3) is 0 Å². The molecule has 0 saturated heterocycles. The Labute approximate surface area is 93.5 Å². The van der Waals surface area contributed by atoms with Crippen molar-refractivity contribution in [3.8, 4) is 0 Å². The van der Waals surface area contributed by atoms with Crippen molar-refractivity contribution in [1.82, 2.24) is 0 Å². The zero-order valence-electron chi connectivity index (χ0n) is 6.37. The highest BCUT2D eigenvalue weighted by atomic mass is 127. The molecule has 3 nitrogen and oxygen atoms in total. The number of aliphatic hydroxyl groups excluding tert-OH is 1. The van der Waals surface area contributed by atoms with Crippen molar-refractivity contribution in [2.24, 2.45) is 0 Å². The van der Waals surface area contributed by atoms with Crippen LogP contribution in [0.5, 0.6) is 0 Å². The highest BCUT2D eigenvalue weighted by molar-refractivity contribution is 14.1. The largest absolute Gasteiger partial charge is 0.479 e. The Hall–Kier alpha value is -0.330. The molecule has 0 bridgehead atoms. The van der Waals surface area contributed by atoms with E-state index in [1.807, 2.05) is 22.6 Å². The Morgan fingerprint density at radius 1 is 1.46 bits per heavy atom. The molecule has 0 fully saturated rings. The molecular weight excluding hydrogens is 306 g/mol. The number of carboxylic acid groups (broad SMARTS) is 1. The number of benzene rings is 1. The number of aliphatic carboxylic acids is 1. The van der Waals surface area contributed by atoms with Crippen LogP contribution in [0.15, 0.2) is 18.2 Å². The third kappa shape index (κ3) is 2.82. The molecule has 1 aromatic carbocycles. The Morgan fingerprint density at radius 2 is 2.08 bits per heavy atom. The van der Waals surface area contributed by atoms with Crippen LogP contribution in [0.3, 0.4) is 0 Å². The molecule has 0 radical (unpaired) electrons. The van der Waals surface area contributed by atoms with E-state index in [9.17, 15) is 9.90 Å². The van der Waals surface area contributed by atoms with Gasteiger partial charge in [-0.25, -0.2) is 4.79 Å². The minimum atomic E-state index is -1.51. The van der Waals surface area contributed by atoms with Gasteiger partial charge in [-0.15, -0.1) is 0 Å². The van der Waals surface area contributed by atoms with E-state index in [0.717, 1.165) is 3.57 Å². The zero-order chi connectivity index (χ0) is 10.0. The van der Waals surface area contributed by atoms with Gasteiger partial charge in [0.05, 0.1) is 0 Å². The normalized spacial score (nSPS) is 12.5. The second kappa shape index (κ2) is 4.26. The van der Waals surface area contributed by atoms with Crippen LogP contribution in [0.4, 0.5) is 0 Å². The molecule has 1 atom stereocenters. The molecule has 70 valence electrons. The maximum absolute atomic E-state index is 10.4. The summed E-state index contributed by atoms with van der Waals surface area (Å²) in [6.07, 6.45) is -1.51. The number of aliphatic hydroxyl groups is 1. The van der Waals surface area contributed by atoms with Crippen LogP contribution >= 0.6 is 34.2 Å². The first-order valence-corrected chi connectivity index (χ1v) is 4.83. The van der Waals surface area contributed by atoms with Crippen molar-refractivity contribution in [1.29, 1.82) is 0 Å². The Balaban J connectivity index is 3.07. The first kappa shape index (κ1) is 10.7. The molecule has 1 aromatic rings. The van der Waals surface area contributed by atoms with Crippen LogP contribution in [0.1, 0.15) is 11.7 Å². The molecule has 5 heteroatoms. The van der Waals surface area contributed by atoms with Crippen molar-refractivity contribution in [2.75, 3.05) is 0 Å². The summed E-state index contributed by atoms with van der Waals surface area (Å²) in [4.78, 5) is 10.4. The third-order valence-electron chi connectivity index (χ3n) is 1.43. The van der Waals surface area contributed by atoms with Gasteiger partial charge >= 0.3 is 5.97 Å². The summed E-state index contributed by atoms with van der Waals surface area (Å²) in [6.45, 7) is 0. The fourth-order valence-corrected chi connectivity index (χ4v) is 2.00. The molecule has 13 heavy (non-hydrogen) atoms. The van der Waals surface area contributed by atoms with Crippen LogP contribution in [0.2, 0.25) is 5.02 Å². The quantitative estimate of drug-likeness (QED) is 0.822. The Morgan fingerprint density at radius 3 is 2.54 bits per heavy atom. The summed E-state index contributed by atoms with van der Waals surface area (Å²) in [5.74, 6) is -1.28. The average Bonchev–Trinajstić information content (AvgIpc) is 2.01. The van der Waals surface area contributed by atoms with Gasteiger partial charge in [-0.05, 0) is 46.4 Å². The molecule has 0 aliphatic rings. The van der Waals surface area contributed by atoms with Crippen molar-refractivity contribution in [3.05, 3.63) is 32.4 Å². The maximum atomic E-state index is 10.4. The highest BCUT2D eigenvalue weighted by Gasteiger charge is 2.16. The van der Waals surface area contributed by atoms with Gasteiger partial charge in [0.15, 0.2) is 6.10 Å². The predicted molar refractivity (Wildman–Crippen MR) is 56.8 cm³/mol. The lowest BCUT2D eigenvalue weighted by molar-refractivity contribution is -0.146. The lowest BCUT2D eigenvalue weighted by atomic mass is 10.1. The van der Waals surface area contributed by atoms with Gasteiger partial charge in [0.2, 0.25) is 0 Å². The van der Waals surface area contributed by atoms with E-state index in [0.29, 0.717) is 10.6 Å². The average molecular weight is 312 g/mol. The van der Waals surface area contributed by atoms with Crippen LogP contribution in [-0.4, -0.2) is 16.2 Å².